The lowest BCUT2D eigenvalue weighted by Crippen LogP contribution is -2.32. The number of amides is 1. The molecule has 0 aliphatic carbocycles. The van der Waals surface area contributed by atoms with E-state index in [0.717, 1.165) is 5.56 Å². The van der Waals surface area contributed by atoms with Gasteiger partial charge in [-0.05, 0) is 48.7 Å². The zero-order valence-electron chi connectivity index (χ0n) is 16.9. The molecule has 1 amide bonds. The van der Waals surface area contributed by atoms with E-state index in [4.69, 9.17) is 8.85 Å². The molecular weight excluding hydrogens is 321 g/mol. The van der Waals surface area contributed by atoms with Crippen molar-refractivity contribution in [3.63, 3.8) is 0 Å². The maximum atomic E-state index is 10.6. The highest BCUT2D eigenvalue weighted by atomic mass is 16.5. The van der Waals surface area contributed by atoms with Crippen LogP contribution < -0.4 is 15.4 Å². The zero-order valence-corrected chi connectivity index (χ0v) is 13.9. The SMILES string of the molecule is [2H][13C]([2H])([2H])Oc1ccc(C[C@@H](C)NC[C@H](O)c2ccc(O)c(NC=O)c2)cc1. The first-order chi connectivity index (χ1) is 13.2. The smallest absolute Gasteiger partial charge is 0.211 e. The molecule has 2 atom stereocenters. The Kier molecular flexibility index (Phi) is 5.34. The lowest BCUT2D eigenvalue weighted by atomic mass is 10.1. The number of phenolic OH excluding ortho intramolecular Hbond substituents is 1. The van der Waals surface area contributed by atoms with Gasteiger partial charge in [0.25, 0.3) is 0 Å². The van der Waals surface area contributed by atoms with Crippen molar-refractivity contribution >= 4 is 12.1 Å². The average molecular weight is 348 g/mol. The first kappa shape index (κ1) is 14.7. The Hall–Kier alpha value is -2.57. The number of nitrogens with one attached hydrogen (secondary N) is 2. The fourth-order valence-corrected chi connectivity index (χ4v) is 2.49. The van der Waals surface area contributed by atoms with Gasteiger partial charge >= 0.3 is 0 Å². The molecular formula is C19H24N2O4. The van der Waals surface area contributed by atoms with Gasteiger partial charge in [-0.25, -0.2) is 0 Å². The van der Waals surface area contributed by atoms with Crippen molar-refractivity contribution in [3.8, 4) is 11.5 Å². The Morgan fingerprint density at radius 2 is 2.04 bits per heavy atom. The van der Waals surface area contributed by atoms with Crippen molar-refractivity contribution in [2.75, 3.05) is 18.9 Å². The first-order valence-electron chi connectivity index (χ1n) is 9.40. The minimum atomic E-state index is -2.47. The van der Waals surface area contributed by atoms with E-state index in [-0.39, 0.29) is 29.8 Å². The molecule has 25 heavy (non-hydrogen) atoms. The van der Waals surface area contributed by atoms with Crippen LogP contribution in [-0.4, -0.2) is 36.2 Å². The number of hydrogen-bond acceptors (Lipinski definition) is 5. The summed E-state index contributed by atoms with van der Waals surface area (Å²) in [7, 11) is -2.47. The Labute approximate surface area is 151 Å². The molecule has 134 valence electrons. The molecule has 0 unspecified atom stereocenters. The van der Waals surface area contributed by atoms with Gasteiger partial charge in [0, 0.05) is 12.6 Å². The molecule has 0 saturated carbocycles. The van der Waals surface area contributed by atoms with E-state index in [1.807, 2.05) is 6.92 Å². The number of carbonyl (C=O) groups excluding carboxylic acids is 1. The summed E-state index contributed by atoms with van der Waals surface area (Å²) in [6.07, 6.45) is 0.319. The second-order valence-electron chi connectivity index (χ2n) is 5.81. The number of aliphatic hydroxyl groups is 1. The topological polar surface area (TPSA) is 90.8 Å². The molecule has 6 heteroatoms. The largest absolute Gasteiger partial charge is 0.506 e. The number of ether oxygens (including phenoxy) is 1. The number of hydrogen-bond donors (Lipinski definition) is 4. The first-order valence-corrected chi connectivity index (χ1v) is 7.90. The fraction of sp³-hybridized carbons (Fsp3) is 0.316. The molecule has 0 aromatic heterocycles. The van der Waals surface area contributed by atoms with Gasteiger partial charge in [0.1, 0.15) is 11.5 Å². The third kappa shape index (κ3) is 5.48. The highest BCUT2D eigenvalue weighted by Gasteiger charge is 2.12. The van der Waals surface area contributed by atoms with Crippen LogP contribution in [0.15, 0.2) is 42.5 Å². The van der Waals surface area contributed by atoms with Crippen molar-refractivity contribution in [1.82, 2.24) is 5.32 Å². The molecule has 0 aliphatic rings. The monoisotopic (exact) mass is 348 g/mol. The number of rotatable bonds is 9. The van der Waals surface area contributed by atoms with Crippen LogP contribution >= 0.6 is 0 Å². The van der Waals surface area contributed by atoms with Crippen LogP contribution in [0.2, 0.25) is 0 Å². The highest BCUT2D eigenvalue weighted by Crippen LogP contribution is 2.26. The molecule has 4 N–H and O–H groups in total. The molecule has 6 nitrogen and oxygen atoms in total. The summed E-state index contributed by atoms with van der Waals surface area (Å²) in [5.74, 6) is 0.210. The number of anilines is 1. The van der Waals surface area contributed by atoms with E-state index in [9.17, 15) is 15.0 Å². The lowest BCUT2D eigenvalue weighted by Gasteiger charge is -2.18. The van der Waals surface area contributed by atoms with E-state index < -0.39 is 13.1 Å². The third-order valence-electron chi connectivity index (χ3n) is 3.86. The van der Waals surface area contributed by atoms with Gasteiger partial charge in [0.15, 0.2) is 0 Å². The van der Waals surface area contributed by atoms with Crippen molar-refractivity contribution in [1.29, 1.82) is 0 Å². The summed E-state index contributed by atoms with van der Waals surface area (Å²) < 4.78 is 26.1. The van der Waals surface area contributed by atoms with Gasteiger partial charge in [-0.1, -0.05) is 18.2 Å². The van der Waals surface area contributed by atoms with Gasteiger partial charge in [-0.2, -0.15) is 0 Å². The Morgan fingerprint density at radius 3 is 2.72 bits per heavy atom. The normalized spacial score (nSPS) is 15.4. The Balaban J connectivity index is 1.87. The predicted octanol–water partition coefficient (Wildman–Crippen LogP) is 2.22. The van der Waals surface area contributed by atoms with E-state index >= 15 is 0 Å². The maximum absolute atomic E-state index is 10.6. The standard InChI is InChI=1S/C19H24N2O4/c1-13(9-14-3-6-16(25-2)7-4-14)20-11-19(24)15-5-8-18(23)17(10-15)21-12-22/h3-8,10,12-13,19-20,23-24H,9,11H2,1-2H3,(H,21,22)/t13-,19+/m1/s1/i2+1D3. The van der Waals surface area contributed by atoms with E-state index in [1.165, 1.54) is 12.1 Å². The minimum absolute atomic E-state index is 0.0497. The van der Waals surface area contributed by atoms with E-state index in [2.05, 4.69) is 10.6 Å². The van der Waals surface area contributed by atoms with Crippen molar-refractivity contribution < 1.29 is 23.9 Å². The van der Waals surface area contributed by atoms with Crippen LogP contribution in [0, 0.1) is 0 Å². The number of phenols is 1. The summed E-state index contributed by atoms with van der Waals surface area (Å²) in [5, 5.41) is 25.6. The Bertz CT molecular complexity index is 782. The number of aliphatic hydroxyl groups excluding tert-OH is 1. The summed E-state index contributed by atoms with van der Waals surface area (Å²) >= 11 is 0. The second kappa shape index (κ2) is 9.05. The molecule has 0 bridgehead atoms. The molecule has 0 saturated heterocycles. The molecule has 2 aromatic carbocycles. The van der Waals surface area contributed by atoms with Crippen molar-refractivity contribution in [2.24, 2.45) is 0 Å². The summed E-state index contributed by atoms with van der Waals surface area (Å²) in [4.78, 5) is 10.6. The van der Waals surface area contributed by atoms with Crippen molar-refractivity contribution in [3.05, 3.63) is 53.6 Å². The third-order valence-corrected chi connectivity index (χ3v) is 3.86. The molecule has 0 fully saturated rings. The summed E-state index contributed by atoms with van der Waals surface area (Å²) in [5.41, 5.74) is 1.79. The minimum Gasteiger partial charge on any atom is -0.506 e. The van der Waals surface area contributed by atoms with Crippen molar-refractivity contribution in [2.45, 2.75) is 25.5 Å². The van der Waals surface area contributed by atoms with E-state index in [0.29, 0.717) is 18.4 Å². The fourth-order valence-electron chi connectivity index (χ4n) is 2.49. The zero-order chi connectivity index (χ0) is 20.7. The van der Waals surface area contributed by atoms with Crippen LogP contribution in [-0.2, 0) is 11.2 Å². The van der Waals surface area contributed by atoms with Crippen LogP contribution in [0.5, 0.6) is 11.5 Å². The molecule has 0 radical (unpaired) electrons. The number of aromatic hydroxyl groups is 1. The molecule has 0 heterocycles. The van der Waals surface area contributed by atoms with Gasteiger partial charge in [0.05, 0.1) is 22.9 Å². The highest BCUT2D eigenvalue weighted by molar-refractivity contribution is 5.75. The quantitative estimate of drug-likeness (QED) is 0.317. The molecule has 0 aliphatic heterocycles. The number of benzene rings is 2. The summed E-state index contributed by atoms with van der Waals surface area (Å²) in [6.45, 7) is 2.25. The Morgan fingerprint density at radius 1 is 1.28 bits per heavy atom. The van der Waals surface area contributed by atoms with Gasteiger partial charge in [-0.3, -0.25) is 4.79 Å². The molecule has 2 rings (SSSR count). The van der Waals surface area contributed by atoms with E-state index in [1.54, 1.807) is 30.3 Å². The number of methoxy groups -OCH3 is 1. The summed E-state index contributed by atoms with van der Waals surface area (Å²) in [6, 6.07) is 11.4. The van der Waals surface area contributed by atoms with Gasteiger partial charge < -0.3 is 25.6 Å². The second-order valence-corrected chi connectivity index (χ2v) is 5.81. The molecule has 0 spiro atoms. The lowest BCUT2D eigenvalue weighted by molar-refractivity contribution is -0.105. The van der Waals surface area contributed by atoms with Gasteiger partial charge in [0.2, 0.25) is 6.41 Å². The van der Waals surface area contributed by atoms with Crippen LogP contribution in [0.4, 0.5) is 5.69 Å². The van der Waals surface area contributed by atoms with Gasteiger partial charge in [-0.15, -0.1) is 0 Å². The number of carbonyl (C=O) groups is 1. The predicted molar refractivity (Wildman–Crippen MR) is 96.9 cm³/mol. The average Bonchev–Trinajstić information content (AvgIpc) is 2.62. The van der Waals surface area contributed by atoms with Crippen LogP contribution in [0.1, 0.15) is 28.3 Å². The van der Waals surface area contributed by atoms with Crippen LogP contribution in [0.3, 0.4) is 0 Å². The maximum Gasteiger partial charge on any atom is 0.211 e. The molecule has 2 aromatic rings. The van der Waals surface area contributed by atoms with Crippen LogP contribution in [0.25, 0.3) is 0 Å².